The molecule has 1 atom stereocenters. The molecule has 1 aliphatic carbocycles. The van der Waals surface area contributed by atoms with Crippen molar-refractivity contribution in [2.45, 2.75) is 63.5 Å². The lowest BCUT2D eigenvalue weighted by Gasteiger charge is -2.45. The number of likely N-dealkylation sites (tertiary alicyclic amines) is 1. The lowest BCUT2D eigenvalue weighted by Crippen LogP contribution is -2.62. The third-order valence-corrected chi connectivity index (χ3v) is 4.93. The molecule has 0 bridgehead atoms. The van der Waals surface area contributed by atoms with Crippen molar-refractivity contribution in [3.8, 4) is 0 Å². The first-order valence-corrected chi connectivity index (χ1v) is 7.93. The number of nitrogens with zero attached hydrogens (tertiary/aromatic N) is 2. The zero-order chi connectivity index (χ0) is 15.5. The molecule has 2 rings (SSSR count). The monoisotopic (exact) mass is 298 g/mol. The van der Waals surface area contributed by atoms with E-state index in [0.717, 1.165) is 38.5 Å². The minimum Gasteiger partial charge on any atom is -0.480 e. The molecule has 2 fully saturated rings. The maximum absolute atomic E-state index is 12.9. The number of carboxylic acids is 1. The van der Waals surface area contributed by atoms with E-state index >= 15 is 0 Å². The molecule has 0 aromatic heterocycles. The van der Waals surface area contributed by atoms with E-state index in [0.29, 0.717) is 13.0 Å². The van der Waals surface area contributed by atoms with E-state index in [2.05, 4.69) is 0 Å². The molecule has 0 radical (unpaired) electrons. The predicted octanol–water partition coefficient (Wildman–Crippen LogP) is 1.67. The molecule has 1 saturated heterocycles. The molecule has 1 heterocycles. The summed E-state index contributed by atoms with van der Waals surface area (Å²) in [4.78, 5) is 27.7. The van der Waals surface area contributed by atoms with Crippen LogP contribution in [0, 0.1) is 0 Å². The van der Waals surface area contributed by atoms with E-state index in [1.807, 2.05) is 0 Å². The maximum Gasteiger partial charge on any atom is 0.329 e. The van der Waals surface area contributed by atoms with Gasteiger partial charge in [-0.2, -0.15) is 0 Å². The zero-order valence-electron chi connectivity index (χ0n) is 12.8. The van der Waals surface area contributed by atoms with Crippen LogP contribution in [0.1, 0.15) is 51.9 Å². The van der Waals surface area contributed by atoms with Gasteiger partial charge >= 0.3 is 12.0 Å². The SMILES string of the molecule is CC1(C(=O)O)CCCCN1C(=O)N(CCO)C1CCCC1. The highest BCUT2D eigenvalue weighted by Crippen LogP contribution is 2.31. The Morgan fingerprint density at radius 2 is 1.90 bits per heavy atom. The summed E-state index contributed by atoms with van der Waals surface area (Å²) >= 11 is 0. The van der Waals surface area contributed by atoms with Gasteiger partial charge in [0, 0.05) is 19.1 Å². The van der Waals surface area contributed by atoms with Crippen molar-refractivity contribution in [3.05, 3.63) is 0 Å². The smallest absolute Gasteiger partial charge is 0.329 e. The number of aliphatic hydroxyl groups excluding tert-OH is 1. The van der Waals surface area contributed by atoms with Crippen molar-refractivity contribution >= 4 is 12.0 Å². The Kier molecular flexibility index (Phi) is 5.08. The van der Waals surface area contributed by atoms with Crippen molar-refractivity contribution in [3.63, 3.8) is 0 Å². The summed E-state index contributed by atoms with van der Waals surface area (Å²) in [7, 11) is 0. The van der Waals surface area contributed by atoms with Crippen LogP contribution in [0.4, 0.5) is 4.79 Å². The molecule has 120 valence electrons. The van der Waals surface area contributed by atoms with Gasteiger partial charge < -0.3 is 20.0 Å². The summed E-state index contributed by atoms with van der Waals surface area (Å²) in [5, 5.41) is 18.8. The summed E-state index contributed by atoms with van der Waals surface area (Å²) < 4.78 is 0. The second kappa shape index (κ2) is 6.64. The molecule has 2 amide bonds. The van der Waals surface area contributed by atoms with E-state index in [1.54, 1.807) is 11.8 Å². The maximum atomic E-state index is 12.9. The number of carbonyl (C=O) groups excluding carboxylic acids is 1. The summed E-state index contributed by atoms with van der Waals surface area (Å²) in [6.07, 6.45) is 6.24. The summed E-state index contributed by atoms with van der Waals surface area (Å²) in [6, 6.07) is -0.0785. The Bertz CT molecular complexity index is 395. The van der Waals surface area contributed by atoms with Gasteiger partial charge in [-0.05, 0) is 39.0 Å². The van der Waals surface area contributed by atoms with Crippen LogP contribution < -0.4 is 0 Å². The normalized spacial score (nSPS) is 26.9. The van der Waals surface area contributed by atoms with Crippen LogP contribution >= 0.6 is 0 Å². The molecule has 0 aromatic rings. The molecule has 6 nitrogen and oxygen atoms in total. The lowest BCUT2D eigenvalue weighted by molar-refractivity contribution is -0.151. The molecule has 2 N–H and O–H groups in total. The van der Waals surface area contributed by atoms with Gasteiger partial charge in [-0.25, -0.2) is 9.59 Å². The second-order valence-corrected chi connectivity index (χ2v) is 6.33. The Balaban J connectivity index is 2.19. The average Bonchev–Trinajstić information content (AvgIpc) is 2.98. The van der Waals surface area contributed by atoms with E-state index in [9.17, 15) is 19.8 Å². The van der Waals surface area contributed by atoms with Crippen molar-refractivity contribution in [2.75, 3.05) is 19.7 Å². The predicted molar refractivity (Wildman–Crippen MR) is 78.0 cm³/mol. The molecule has 1 unspecified atom stereocenters. The highest BCUT2D eigenvalue weighted by atomic mass is 16.4. The van der Waals surface area contributed by atoms with Crippen LogP contribution in [0.25, 0.3) is 0 Å². The number of aliphatic hydroxyl groups is 1. The highest BCUT2D eigenvalue weighted by Gasteiger charge is 2.46. The number of rotatable bonds is 4. The molecule has 1 aliphatic heterocycles. The van der Waals surface area contributed by atoms with Crippen molar-refractivity contribution in [1.82, 2.24) is 9.80 Å². The molecule has 0 spiro atoms. The first-order chi connectivity index (χ1) is 10.0. The van der Waals surface area contributed by atoms with E-state index < -0.39 is 11.5 Å². The van der Waals surface area contributed by atoms with Crippen LogP contribution in [0.3, 0.4) is 0 Å². The minimum atomic E-state index is -1.12. The van der Waals surface area contributed by atoms with Crippen molar-refractivity contribution < 1.29 is 19.8 Å². The number of aliphatic carboxylic acids is 1. The number of piperidine rings is 1. The Labute approximate surface area is 125 Å². The number of urea groups is 1. The fraction of sp³-hybridized carbons (Fsp3) is 0.867. The third kappa shape index (κ3) is 3.15. The fourth-order valence-electron chi connectivity index (χ4n) is 3.56. The molecule has 2 aliphatic rings. The lowest BCUT2D eigenvalue weighted by atomic mass is 9.88. The summed E-state index contributed by atoms with van der Waals surface area (Å²) in [6.45, 7) is 2.32. The van der Waals surface area contributed by atoms with Crippen LogP contribution in [-0.4, -0.2) is 63.3 Å². The number of carboxylic acid groups (broad SMARTS) is 1. The molecule has 21 heavy (non-hydrogen) atoms. The number of amides is 2. The van der Waals surface area contributed by atoms with Gasteiger partial charge in [-0.15, -0.1) is 0 Å². The molecule has 6 heteroatoms. The first-order valence-electron chi connectivity index (χ1n) is 7.93. The van der Waals surface area contributed by atoms with Gasteiger partial charge in [0.05, 0.1) is 6.61 Å². The van der Waals surface area contributed by atoms with Gasteiger partial charge in [0.1, 0.15) is 5.54 Å². The van der Waals surface area contributed by atoms with E-state index in [4.69, 9.17) is 0 Å². The van der Waals surface area contributed by atoms with E-state index in [1.165, 1.54) is 4.90 Å². The molecule has 1 saturated carbocycles. The second-order valence-electron chi connectivity index (χ2n) is 6.33. The number of hydrogen-bond acceptors (Lipinski definition) is 3. The van der Waals surface area contributed by atoms with E-state index in [-0.39, 0.29) is 25.2 Å². The Hall–Kier alpha value is -1.30. The number of hydrogen-bond donors (Lipinski definition) is 2. The van der Waals surface area contributed by atoms with Crippen LogP contribution in [0.2, 0.25) is 0 Å². The van der Waals surface area contributed by atoms with Gasteiger partial charge in [0.25, 0.3) is 0 Å². The average molecular weight is 298 g/mol. The molecular formula is C15H26N2O4. The van der Waals surface area contributed by atoms with Crippen molar-refractivity contribution in [1.29, 1.82) is 0 Å². The Morgan fingerprint density at radius 3 is 2.48 bits per heavy atom. The largest absolute Gasteiger partial charge is 0.480 e. The topological polar surface area (TPSA) is 81.1 Å². The van der Waals surface area contributed by atoms with Gasteiger partial charge in [-0.1, -0.05) is 12.8 Å². The fourth-order valence-corrected chi connectivity index (χ4v) is 3.56. The number of carbonyl (C=O) groups is 2. The van der Waals surface area contributed by atoms with Crippen LogP contribution in [-0.2, 0) is 4.79 Å². The molecule has 0 aromatic carbocycles. The zero-order valence-corrected chi connectivity index (χ0v) is 12.8. The minimum absolute atomic E-state index is 0.0835. The molecular weight excluding hydrogens is 272 g/mol. The summed E-state index contributed by atoms with van der Waals surface area (Å²) in [5.74, 6) is -0.939. The standard InChI is InChI=1S/C15H26N2O4/c1-15(13(19)20)8-4-5-9-17(15)14(21)16(10-11-18)12-6-2-3-7-12/h12,18H,2-11H2,1H3,(H,19,20). The van der Waals surface area contributed by atoms with Gasteiger partial charge in [0.15, 0.2) is 0 Å². The summed E-state index contributed by atoms with van der Waals surface area (Å²) in [5.41, 5.74) is -1.12. The van der Waals surface area contributed by atoms with Crippen molar-refractivity contribution in [2.24, 2.45) is 0 Å². The quantitative estimate of drug-likeness (QED) is 0.827. The van der Waals surface area contributed by atoms with Gasteiger partial charge in [0.2, 0.25) is 0 Å². The van der Waals surface area contributed by atoms with Crippen LogP contribution in [0.5, 0.6) is 0 Å². The third-order valence-electron chi connectivity index (χ3n) is 4.93. The van der Waals surface area contributed by atoms with Crippen LogP contribution in [0.15, 0.2) is 0 Å². The first kappa shape index (κ1) is 16.1. The highest BCUT2D eigenvalue weighted by molar-refractivity contribution is 5.86. The Morgan fingerprint density at radius 1 is 1.24 bits per heavy atom. The van der Waals surface area contributed by atoms with Gasteiger partial charge in [-0.3, -0.25) is 0 Å².